The number of carbonyl (C=O) groups is 1. The van der Waals surface area contributed by atoms with Crippen LogP contribution in [0.5, 0.6) is 0 Å². The van der Waals surface area contributed by atoms with Gasteiger partial charge in [0, 0.05) is 6.42 Å². The summed E-state index contributed by atoms with van der Waals surface area (Å²) in [6.07, 6.45) is -1.40. The van der Waals surface area contributed by atoms with E-state index in [2.05, 4.69) is 33.9 Å². The van der Waals surface area contributed by atoms with Crippen molar-refractivity contribution in [3.05, 3.63) is 24.3 Å². The first-order valence-corrected chi connectivity index (χ1v) is 16.7. The van der Waals surface area contributed by atoms with Gasteiger partial charge >= 0.3 is 5.97 Å². The minimum atomic E-state index is -1.47. The van der Waals surface area contributed by atoms with Crippen molar-refractivity contribution in [1.29, 1.82) is 0 Å². The van der Waals surface area contributed by atoms with Crippen LogP contribution in [0.3, 0.4) is 0 Å². The largest absolute Gasteiger partial charge is 0.481 e. The van der Waals surface area contributed by atoms with E-state index in [9.17, 15) is 35.6 Å². The lowest BCUT2D eigenvalue weighted by molar-refractivity contribution is -0.316. The highest BCUT2D eigenvalue weighted by Gasteiger charge is 2.70. The molecule has 1 saturated heterocycles. The van der Waals surface area contributed by atoms with Gasteiger partial charge in [0.25, 0.3) is 0 Å². The van der Waals surface area contributed by atoms with Crippen LogP contribution in [0.1, 0.15) is 99.3 Å². The summed E-state index contributed by atoms with van der Waals surface area (Å²) >= 11 is 0. The molecule has 0 aromatic heterocycles. The molecule has 0 amide bonds. The minimum Gasteiger partial charge on any atom is -0.481 e. The number of rotatable bonds is 12. The van der Waals surface area contributed by atoms with Crippen LogP contribution >= 0.6 is 0 Å². The molecule has 1 heterocycles. The number of aliphatic hydroxyl groups is 4. The number of carboxylic acid groups (broad SMARTS) is 1. The van der Waals surface area contributed by atoms with Gasteiger partial charge in [-0.25, -0.2) is 4.89 Å². The molecule has 6 N–H and O–H groups in total. The lowest BCUT2D eigenvalue weighted by atomic mass is 9.37. The third-order valence-electron chi connectivity index (χ3n) is 13.3. The molecule has 0 spiro atoms. The molecule has 4 rings (SSSR count). The maximum absolute atomic E-state index is 12.2. The van der Waals surface area contributed by atoms with Crippen molar-refractivity contribution in [1.82, 2.24) is 0 Å². The van der Waals surface area contributed by atoms with E-state index in [1.807, 2.05) is 13.8 Å². The first-order valence-electron chi connectivity index (χ1n) is 16.7. The van der Waals surface area contributed by atoms with E-state index < -0.39 is 48.4 Å². The average Bonchev–Trinajstić information content (AvgIpc) is 3.34. The molecule has 10 heteroatoms. The summed E-state index contributed by atoms with van der Waals surface area (Å²) in [5, 5.41) is 62.8. The van der Waals surface area contributed by atoms with Crippen LogP contribution < -0.4 is 0 Å². The predicted molar refractivity (Wildman–Crippen MR) is 168 cm³/mol. The zero-order valence-corrected chi connectivity index (χ0v) is 28.1. The summed E-state index contributed by atoms with van der Waals surface area (Å²) in [5.41, 5.74) is -0.109. The molecule has 45 heavy (non-hydrogen) atoms. The molecule has 3 saturated carbocycles. The van der Waals surface area contributed by atoms with Gasteiger partial charge in [-0.05, 0) is 118 Å². The molecule has 1 aliphatic heterocycles. The Bertz CT molecular complexity index is 1110. The minimum absolute atomic E-state index is 0.0682. The van der Waals surface area contributed by atoms with Gasteiger partial charge in [-0.15, -0.1) is 0 Å². The maximum Gasteiger partial charge on any atom is 0.303 e. The topological polar surface area (TPSA) is 166 Å². The van der Waals surface area contributed by atoms with Crippen molar-refractivity contribution < 1.29 is 49.9 Å². The molecule has 0 aromatic rings. The molecule has 258 valence electrons. The van der Waals surface area contributed by atoms with E-state index in [-0.39, 0.29) is 52.9 Å². The highest BCUT2D eigenvalue weighted by molar-refractivity contribution is 5.66. The van der Waals surface area contributed by atoms with E-state index in [0.717, 1.165) is 31.3 Å². The quantitative estimate of drug-likeness (QED) is 0.100. The van der Waals surface area contributed by atoms with E-state index in [0.29, 0.717) is 31.3 Å². The Balaban J connectivity index is 1.72. The normalized spacial score (nSPS) is 45.2. The summed E-state index contributed by atoms with van der Waals surface area (Å²) in [4.78, 5) is 16.5. The number of hydrogen-bond acceptors (Lipinski definition) is 9. The smallest absolute Gasteiger partial charge is 0.303 e. The Kier molecular flexibility index (Phi) is 10.7. The fourth-order valence-corrected chi connectivity index (χ4v) is 10.6. The summed E-state index contributed by atoms with van der Waals surface area (Å²) in [7, 11) is 0. The highest BCUT2D eigenvalue weighted by Crippen LogP contribution is 2.74. The van der Waals surface area contributed by atoms with Crippen molar-refractivity contribution >= 4 is 5.97 Å². The summed E-state index contributed by atoms with van der Waals surface area (Å²) in [5.74, 6) is -0.926. The summed E-state index contributed by atoms with van der Waals surface area (Å²) < 4.78 is 12.3. The molecule has 14 atom stereocenters. The fraction of sp³-hybridized carbons (Fsp3) is 0.857. The lowest BCUT2D eigenvalue weighted by Gasteiger charge is -2.67. The van der Waals surface area contributed by atoms with Gasteiger partial charge in [0.2, 0.25) is 0 Å². The van der Waals surface area contributed by atoms with Crippen LogP contribution in [0.15, 0.2) is 24.3 Å². The Morgan fingerprint density at radius 3 is 2.24 bits per heavy atom. The number of aliphatic carboxylic acids is 1. The second-order valence-electron chi connectivity index (χ2n) is 15.9. The van der Waals surface area contributed by atoms with Crippen molar-refractivity contribution in [2.45, 2.75) is 142 Å². The maximum atomic E-state index is 12.2. The number of carboxylic acids is 1. The van der Waals surface area contributed by atoms with E-state index >= 15 is 0 Å². The second kappa shape index (κ2) is 13.3. The van der Waals surface area contributed by atoms with Crippen LogP contribution in [0.25, 0.3) is 0 Å². The lowest BCUT2D eigenvalue weighted by Crippen LogP contribution is -2.64. The Hall–Kier alpha value is -1.37. The van der Waals surface area contributed by atoms with Crippen LogP contribution in [-0.2, 0) is 19.2 Å². The number of fused-ring (bicyclic) bond motifs is 3. The zero-order chi connectivity index (χ0) is 33.7. The van der Waals surface area contributed by atoms with Gasteiger partial charge in [0.1, 0.15) is 24.4 Å². The fourth-order valence-electron chi connectivity index (χ4n) is 10.6. The van der Waals surface area contributed by atoms with Crippen LogP contribution in [0.4, 0.5) is 0 Å². The molecule has 3 aliphatic carbocycles. The van der Waals surface area contributed by atoms with Crippen molar-refractivity contribution in [3.8, 4) is 0 Å². The van der Waals surface area contributed by atoms with Gasteiger partial charge in [-0.2, -0.15) is 0 Å². The number of aliphatic hydroxyl groups excluding tert-OH is 4. The molecule has 0 radical (unpaired) electrons. The predicted octanol–water partition coefficient (Wildman–Crippen LogP) is 4.69. The number of allylic oxidation sites excluding steroid dienone is 1. The van der Waals surface area contributed by atoms with Gasteiger partial charge in [-0.3, -0.25) is 10.1 Å². The molecular weight excluding hydrogens is 580 g/mol. The highest BCUT2D eigenvalue weighted by atomic mass is 17.1. The third kappa shape index (κ3) is 6.31. The van der Waals surface area contributed by atoms with Crippen molar-refractivity contribution in [3.63, 3.8) is 0 Å². The van der Waals surface area contributed by atoms with E-state index in [1.165, 1.54) is 0 Å². The second-order valence-corrected chi connectivity index (χ2v) is 15.9. The molecular formula is C35H58O10. The van der Waals surface area contributed by atoms with Crippen LogP contribution in [0.2, 0.25) is 0 Å². The SMILES string of the molecule is C=C(C)C(CCC(C)(O[C@@H]1OC[C@H](O)[C@H](O)[C@H]1O)C1CCC2(C)C1C(O)CC1C(C)(CCC(=O)O)C(C(=C)C)CCC12C)OO. The Morgan fingerprint density at radius 1 is 1.02 bits per heavy atom. The van der Waals surface area contributed by atoms with E-state index in [4.69, 9.17) is 14.4 Å². The average molecular weight is 639 g/mol. The van der Waals surface area contributed by atoms with Crippen molar-refractivity contribution in [2.75, 3.05) is 6.61 Å². The first kappa shape index (κ1) is 36.5. The summed E-state index contributed by atoms with van der Waals surface area (Å²) in [6, 6.07) is 0. The first-order chi connectivity index (χ1) is 20.9. The number of ether oxygens (including phenoxy) is 2. The molecule has 10 unspecified atom stereocenters. The van der Waals surface area contributed by atoms with Gasteiger partial charge in [-0.1, -0.05) is 39.5 Å². The Morgan fingerprint density at radius 2 is 1.67 bits per heavy atom. The van der Waals surface area contributed by atoms with Crippen LogP contribution in [0, 0.1) is 39.9 Å². The van der Waals surface area contributed by atoms with Gasteiger partial charge < -0.3 is 35.0 Å². The van der Waals surface area contributed by atoms with Gasteiger partial charge in [0.05, 0.1) is 18.3 Å². The standard InChI is InChI=1S/C35H58O10/c1-19(2)21-9-14-33(6)26(32(21,5)13-12-27(38)39)17-23(36)28-22(10-15-34(28,33)7)35(8,16-11-25(45-42)20(3)4)44-31-30(41)29(40)24(37)18-43-31/h21-26,28-31,36-37,40-42H,1,3,9-18H2,2,4-8H3,(H,38,39)/t21?,22?,23?,24-,25?,26?,28?,29-,30+,31-,32?,33?,34?,35?/m0/s1. The summed E-state index contributed by atoms with van der Waals surface area (Å²) in [6.45, 7) is 20.6. The van der Waals surface area contributed by atoms with Crippen LogP contribution in [-0.4, -0.2) is 85.8 Å². The van der Waals surface area contributed by atoms with Crippen molar-refractivity contribution in [2.24, 2.45) is 39.9 Å². The van der Waals surface area contributed by atoms with E-state index in [1.54, 1.807) is 6.92 Å². The molecule has 4 fully saturated rings. The number of hydrogen-bond donors (Lipinski definition) is 6. The molecule has 0 aromatic carbocycles. The molecule has 4 aliphatic rings. The Labute approximate surface area is 268 Å². The molecule has 10 nitrogen and oxygen atoms in total. The zero-order valence-electron chi connectivity index (χ0n) is 28.1. The third-order valence-corrected chi connectivity index (χ3v) is 13.3. The van der Waals surface area contributed by atoms with Gasteiger partial charge in [0.15, 0.2) is 6.29 Å². The molecule has 0 bridgehead atoms. The monoisotopic (exact) mass is 638 g/mol.